The van der Waals surface area contributed by atoms with E-state index in [0.717, 1.165) is 36.0 Å². The molecule has 1 N–H and O–H groups in total. The summed E-state index contributed by atoms with van der Waals surface area (Å²) in [4.78, 5) is 28.6. The van der Waals surface area contributed by atoms with Gasteiger partial charge in [0.15, 0.2) is 0 Å². The summed E-state index contributed by atoms with van der Waals surface area (Å²) in [6.45, 7) is 2.83. The van der Waals surface area contributed by atoms with Crippen LogP contribution < -0.4 is 5.32 Å². The molecule has 0 spiro atoms. The van der Waals surface area contributed by atoms with Crippen molar-refractivity contribution in [1.29, 1.82) is 0 Å². The zero-order valence-electron chi connectivity index (χ0n) is 19.3. The van der Waals surface area contributed by atoms with Crippen LogP contribution in [0.3, 0.4) is 0 Å². The van der Waals surface area contributed by atoms with Crippen molar-refractivity contribution in [1.82, 2.24) is 10.2 Å². The van der Waals surface area contributed by atoms with Crippen molar-refractivity contribution in [2.75, 3.05) is 6.54 Å². The highest BCUT2D eigenvalue weighted by Gasteiger charge is 2.31. The van der Waals surface area contributed by atoms with Crippen LogP contribution in [0.15, 0.2) is 78.9 Å². The second-order valence-corrected chi connectivity index (χ2v) is 8.70. The average Bonchev–Trinajstić information content (AvgIpc) is 2.85. The van der Waals surface area contributed by atoms with E-state index in [-0.39, 0.29) is 30.6 Å². The van der Waals surface area contributed by atoms with Gasteiger partial charge in [0, 0.05) is 18.1 Å². The van der Waals surface area contributed by atoms with E-state index in [9.17, 15) is 14.0 Å². The van der Waals surface area contributed by atoms with Crippen molar-refractivity contribution in [2.24, 2.45) is 0 Å². The first-order valence-corrected chi connectivity index (χ1v) is 12.0. The van der Waals surface area contributed by atoms with Gasteiger partial charge in [0.2, 0.25) is 11.8 Å². The maximum atomic E-state index is 13.6. The number of benzene rings is 3. The molecule has 34 heavy (non-hydrogen) atoms. The number of carbonyl (C=O) groups excluding carboxylic acids is 2. The first-order valence-electron chi connectivity index (χ1n) is 11.6. The maximum absolute atomic E-state index is 13.6. The van der Waals surface area contributed by atoms with Gasteiger partial charge in [-0.1, -0.05) is 86.0 Å². The van der Waals surface area contributed by atoms with Gasteiger partial charge in [-0.15, -0.1) is 0 Å². The first-order chi connectivity index (χ1) is 16.5. The van der Waals surface area contributed by atoms with E-state index in [4.69, 9.17) is 11.6 Å². The van der Waals surface area contributed by atoms with Gasteiger partial charge in [-0.3, -0.25) is 9.59 Å². The van der Waals surface area contributed by atoms with Gasteiger partial charge in [-0.2, -0.15) is 0 Å². The Bertz CT molecular complexity index is 1060. The van der Waals surface area contributed by atoms with E-state index in [1.165, 1.54) is 12.1 Å². The standard InChI is InChI=1S/C28H30ClFN2O2/c1-2-3-7-18-31-28(34)27(23-8-5-4-6-9-23)32(20-22-12-16-25(30)17-13-22)26(33)19-21-10-14-24(29)15-11-21/h4-6,8-17,27H,2-3,7,18-20H2,1H3,(H,31,34). The Morgan fingerprint density at radius 2 is 1.56 bits per heavy atom. The summed E-state index contributed by atoms with van der Waals surface area (Å²) in [6, 6.07) is 21.6. The summed E-state index contributed by atoms with van der Waals surface area (Å²) in [7, 11) is 0. The van der Waals surface area contributed by atoms with Crippen LogP contribution >= 0.6 is 11.6 Å². The van der Waals surface area contributed by atoms with E-state index in [2.05, 4.69) is 12.2 Å². The van der Waals surface area contributed by atoms with Crippen molar-refractivity contribution in [3.8, 4) is 0 Å². The quantitative estimate of drug-likeness (QED) is 0.337. The number of carbonyl (C=O) groups is 2. The van der Waals surface area contributed by atoms with Crippen LogP contribution in [0.5, 0.6) is 0 Å². The van der Waals surface area contributed by atoms with Crippen LogP contribution in [0.4, 0.5) is 4.39 Å². The number of amides is 2. The van der Waals surface area contributed by atoms with Crippen LogP contribution in [0.1, 0.15) is 48.9 Å². The Morgan fingerprint density at radius 3 is 2.21 bits per heavy atom. The second-order valence-electron chi connectivity index (χ2n) is 8.26. The summed E-state index contributed by atoms with van der Waals surface area (Å²) in [5.41, 5.74) is 2.27. The molecule has 3 aromatic rings. The molecule has 0 saturated carbocycles. The monoisotopic (exact) mass is 480 g/mol. The number of nitrogens with zero attached hydrogens (tertiary/aromatic N) is 1. The van der Waals surface area contributed by atoms with E-state index in [1.807, 2.05) is 30.3 Å². The van der Waals surface area contributed by atoms with Crippen molar-refractivity contribution < 1.29 is 14.0 Å². The minimum Gasteiger partial charge on any atom is -0.354 e. The smallest absolute Gasteiger partial charge is 0.247 e. The lowest BCUT2D eigenvalue weighted by atomic mass is 10.0. The van der Waals surface area contributed by atoms with Crippen molar-refractivity contribution in [3.05, 3.63) is 106 Å². The lowest BCUT2D eigenvalue weighted by Crippen LogP contribution is -2.44. The third-order valence-electron chi connectivity index (χ3n) is 5.61. The van der Waals surface area contributed by atoms with Crippen LogP contribution in [-0.2, 0) is 22.6 Å². The molecular weight excluding hydrogens is 451 g/mol. The van der Waals surface area contributed by atoms with Gasteiger partial charge < -0.3 is 10.2 Å². The molecule has 0 aromatic heterocycles. The van der Waals surface area contributed by atoms with Crippen molar-refractivity contribution in [3.63, 3.8) is 0 Å². The molecule has 0 bridgehead atoms. The third kappa shape index (κ3) is 7.42. The molecular formula is C28H30ClFN2O2. The highest BCUT2D eigenvalue weighted by Crippen LogP contribution is 2.25. The van der Waals surface area contributed by atoms with E-state index < -0.39 is 6.04 Å². The normalized spacial score (nSPS) is 11.6. The van der Waals surface area contributed by atoms with Gasteiger partial charge >= 0.3 is 0 Å². The zero-order valence-corrected chi connectivity index (χ0v) is 20.1. The number of hydrogen-bond donors (Lipinski definition) is 1. The molecule has 0 aliphatic rings. The van der Waals surface area contributed by atoms with Crippen molar-refractivity contribution in [2.45, 2.75) is 45.2 Å². The highest BCUT2D eigenvalue weighted by atomic mass is 35.5. The molecule has 3 rings (SSSR count). The summed E-state index contributed by atoms with van der Waals surface area (Å²) < 4.78 is 13.5. The molecule has 4 nitrogen and oxygen atoms in total. The van der Waals surface area contributed by atoms with E-state index in [1.54, 1.807) is 41.3 Å². The van der Waals surface area contributed by atoms with E-state index >= 15 is 0 Å². The van der Waals surface area contributed by atoms with Crippen LogP contribution in [-0.4, -0.2) is 23.3 Å². The maximum Gasteiger partial charge on any atom is 0.247 e. The fourth-order valence-corrected chi connectivity index (χ4v) is 3.91. The average molecular weight is 481 g/mol. The van der Waals surface area contributed by atoms with Gasteiger partial charge in [0.1, 0.15) is 11.9 Å². The lowest BCUT2D eigenvalue weighted by Gasteiger charge is -2.32. The second kappa shape index (κ2) is 12.9. The van der Waals surface area contributed by atoms with Gasteiger partial charge in [-0.05, 0) is 47.4 Å². The summed E-state index contributed by atoms with van der Waals surface area (Å²) in [5.74, 6) is -0.783. The predicted molar refractivity (Wildman–Crippen MR) is 134 cm³/mol. The van der Waals surface area contributed by atoms with Crippen LogP contribution in [0.25, 0.3) is 0 Å². The topological polar surface area (TPSA) is 49.4 Å². The molecule has 3 aromatic carbocycles. The first kappa shape index (κ1) is 25.4. The van der Waals surface area contributed by atoms with Crippen molar-refractivity contribution >= 4 is 23.4 Å². The highest BCUT2D eigenvalue weighted by molar-refractivity contribution is 6.30. The van der Waals surface area contributed by atoms with Gasteiger partial charge in [-0.25, -0.2) is 4.39 Å². The van der Waals surface area contributed by atoms with Crippen LogP contribution in [0.2, 0.25) is 5.02 Å². The predicted octanol–water partition coefficient (Wildman–Crippen LogP) is 6.10. The third-order valence-corrected chi connectivity index (χ3v) is 5.86. The molecule has 0 radical (unpaired) electrons. The summed E-state index contributed by atoms with van der Waals surface area (Å²) in [5, 5.41) is 3.60. The molecule has 1 unspecified atom stereocenters. The fraction of sp³-hybridized carbons (Fsp3) is 0.286. The lowest BCUT2D eigenvalue weighted by molar-refractivity contribution is -0.141. The Morgan fingerprint density at radius 1 is 0.912 bits per heavy atom. The van der Waals surface area contributed by atoms with Crippen LogP contribution in [0, 0.1) is 5.82 Å². The molecule has 0 heterocycles. The molecule has 0 aliphatic heterocycles. The molecule has 0 aliphatic carbocycles. The van der Waals surface area contributed by atoms with Gasteiger partial charge in [0.05, 0.1) is 6.42 Å². The number of nitrogens with one attached hydrogen (secondary N) is 1. The van der Waals surface area contributed by atoms with E-state index in [0.29, 0.717) is 11.6 Å². The minimum atomic E-state index is -0.812. The Labute approximate surface area is 205 Å². The summed E-state index contributed by atoms with van der Waals surface area (Å²) in [6.07, 6.45) is 3.06. The number of rotatable bonds is 11. The number of halogens is 2. The Kier molecular flexibility index (Phi) is 9.65. The number of unbranched alkanes of at least 4 members (excludes halogenated alkanes) is 2. The molecule has 1 atom stereocenters. The Balaban J connectivity index is 1.93. The largest absolute Gasteiger partial charge is 0.354 e. The zero-order chi connectivity index (χ0) is 24.3. The van der Waals surface area contributed by atoms with Gasteiger partial charge in [0.25, 0.3) is 0 Å². The SMILES string of the molecule is CCCCCNC(=O)C(c1ccccc1)N(Cc1ccc(F)cc1)C(=O)Cc1ccc(Cl)cc1. The summed E-state index contributed by atoms with van der Waals surface area (Å²) >= 11 is 5.99. The fourth-order valence-electron chi connectivity index (χ4n) is 3.78. The molecule has 178 valence electrons. The molecule has 2 amide bonds. The Hall–Kier alpha value is -3.18. The molecule has 6 heteroatoms. The molecule has 0 saturated heterocycles. The minimum absolute atomic E-state index is 0.116. The number of hydrogen-bond acceptors (Lipinski definition) is 2. The molecule has 0 fully saturated rings.